The number of ether oxygens (including phenoxy) is 1. The molecule has 0 radical (unpaired) electrons. The number of amides is 2. The van der Waals surface area contributed by atoms with Crippen LogP contribution in [0.5, 0.6) is 5.75 Å². The molecule has 1 aromatic heterocycles. The maximum atomic E-state index is 11.9. The summed E-state index contributed by atoms with van der Waals surface area (Å²) in [6.45, 7) is 3.72. The summed E-state index contributed by atoms with van der Waals surface area (Å²) in [5, 5.41) is 0.988. The molecule has 3 aromatic rings. The van der Waals surface area contributed by atoms with E-state index in [1.165, 1.54) is 6.08 Å². The number of rotatable bonds is 5. The number of pyridine rings is 1. The van der Waals surface area contributed by atoms with Crippen LogP contribution in [-0.2, 0) is 9.59 Å². The van der Waals surface area contributed by atoms with Crippen molar-refractivity contribution in [2.24, 2.45) is 0 Å². The number of hydrazine groups is 1. The molecule has 0 aliphatic heterocycles. The Balaban J connectivity index is 1.50. The fraction of sp³-hybridized carbons (Fsp3) is 0.136. The fourth-order valence-electron chi connectivity index (χ4n) is 2.80. The van der Waals surface area contributed by atoms with Gasteiger partial charge in [0.25, 0.3) is 11.8 Å². The first kappa shape index (κ1) is 19.1. The Hall–Kier alpha value is -3.67. The summed E-state index contributed by atoms with van der Waals surface area (Å²) in [4.78, 5) is 28.1. The van der Waals surface area contributed by atoms with Crippen LogP contribution in [0, 0.1) is 13.8 Å². The molecule has 0 bridgehead atoms. The van der Waals surface area contributed by atoms with E-state index in [1.54, 1.807) is 12.3 Å². The van der Waals surface area contributed by atoms with Gasteiger partial charge in [0.1, 0.15) is 5.75 Å². The van der Waals surface area contributed by atoms with Crippen molar-refractivity contribution in [1.29, 1.82) is 0 Å². The second-order valence-electron chi connectivity index (χ2n) is 6.41. The Labute approximate surface area is 163 Å². The quantitative estimate of drug-likeness (QED) is 0.530. The van der Waals surface area contributed by atoms with Gasteiger partial charge in [-0.25, -0.2) is 0 Å². The normalized spacial score (nSPS) is 10.8. The number of hydrogen-bond donors (Lipinski definition) is 2. The third-order valence-electron chi connectivity index (χ3n) is 3.97. The molecule has 28 heavy (non-hydrogen) atoms. The molecule has 0 unspecified atom stereocenters. The van der Waals surface area contributed by atoms with E-state index in [4.69, 9.17) is 4.74 Å². The number of para-hydroxylation sites is 1. The van der Waals surface area contributed by atoms with Crippen LogP contribution in [0.4, 0.5) is 0 Å². The van der Waals surface area contributed by atoms with E-state index >= 15 is 0 Å². The number of aromatic nitrogens is 1. The molecule has 0 spiro atoms. The number of hydrogen-bond acceptors (Lipinski definition) is 4. The van der Waals surface area contributed by atoms with Gasteiger partial charge >= 0.3 is 0 Å². The Bertz CT molecular complexity index is 1020. The number of fused-ring (bicyclic) bond motifs is 1. The van der Waals surface area contributed by atoms with Crippen molar-refractivity contribution in [1.82, 2.24) is 15.8 Å². The molecule has 0 fully saturated rings. The first-order chi connectivity index (χ1) is 13.5. The van der Waals surface area contributed by atoms with Gasteiger partial charge in [0, 0.05) is 23.2 Å². The highest BCUT2D eigenvalue weighted by atomic mass is 16.5. The van der Waals surface area contributed by atoms with Crippen LogP contribution < -0.4 is 15.6 Å². The van der Waals surface area contributed by atoms with Crippen molar-refractivity contribution < 1.29 is 14.3 Å². The van der Waals surface area contributed by atoms with Crippen molar-refractivity contribution in [3.63, 3.8) is 0 Å². The maximum absolute atomic E-state index is 11.9. The minimum absolute atomic E-state index is 0.194. The average molecular weight is 375 g/mol. The summed E-state index contributed by atoms with van der Waals surface area (Å²) < 4.78 is 5.45. The van der Waals surface area contributed by atoms with Gasteiger partial charge < -0.3 is 4.74 Å². The molecular weight excluding hydrogens is 354 g/mol. The third kappa shape index (κ3) is 5.17. The minimum atomic E-state index is -0.451. The summed E-state index contributed by atoms with van der Waals surface area (Å²) in [6, 6.07) is 15.2. The molecule has 2 amide bonds. The molecule has 1 heterocycles. The highest BCUT2D eigenvalue weighted by Gasteiger charge is 2.05. The lowest BCUT2D eigenvalue weighted by Crippen LogP contribution is -2.43. The first-order valence-corrected chi connectivity index (χ1v) is 8.83. The average Bonchev–Trinajstić information content (AvgIpc) is 2.68. The molecule has 0 saturated carbocycles. The zero-order valence-corrected chi connectivity index (χ0v) is 15.7. The standard InChI is InChI=1S/C22H21N3O3/c1-15-11-16(2)13-19(12-15)28-14-21(27)25-24-20(26)9-8-18-6-3-5-17-7-4-10-23-22(17)18/h3-13H,14H2,1-2H3,(H,24,26)(H,25,27)/b9-8+. The van der Waals surface area contributed by atoms with Gasteiger partial charge in [0.2, 0.25) is 0 Å². The lowest BCUT2D eigenvalue weighted by Gasteiger charge is -2.09. The molecule has 0 aliphatic rings. The molecule has 2 N–H and O–H groups in total. The molecular formula is C22H21N3O3. The summed E-state index contributed by atoms with van der Waals surface area (Å²) in [6.07, 6.45) is 4.70. The van der Waals surface area contributed by atoms with E-state index in [1.807, 2.05) is 62.4 Å². The van der Waals surface area contributed by atoms with Crippen molar-refractivity contribution >= 4 is 28.8 Å². The summed E-state index contributed by atoms with van der Waals surface area (Å²) in [7, 11) is 0. The number of nitrogens with one attached hydrogen (secondary N) is 2. The van der Waals surface area contributed by atoms with Gasteiger partial charge in [-0.05, 0) is 49.2 Å². The second kappa shape index (κ2) is 8.81. The Morgan fingerprint density at radius 1 is 1.04 bits per heavy atom. The largest absolute Gasteiger partial charge is 0.484 e. The van der Waals surface area contributed by atoms with Crippen LogP contribution in [-0.4, -0.2) is 23.4 Å². The summed E-state index contributed by atoms with van der Waals surface area (Å²) in [5.41, 5.74) is 8.39. The Morgan fingerprint density at radius 3 is 2.57 bits per heavy atom. The Kier molecular flexibility index (Phi) is 6.01. The maximum Gasteiger partial charge on any atom is 0.276 e. The SMILES string of the molecule is Cc1cc(C)cc(OCC(=O)NNC(=O)/C=C/c2cccc3cccnc23)c1. The molecule has 6 nitrogen and oxygen atoms in total. The van der Waals surface area contributed by atoms with Crippen molar-refractivity contribution in [2.75, 3.05) is 6.61 Å². The lowest BCUT2D eigenvalue weighted by molar-refractivity contribution is -0.128. The number of carbonyl (C=O) groups excluding carboxylic acids is 2. The summed E-state index contributed by atoms with van der Waals surface area (Å²) in [5.74, 6) is -0.289. The van der Waals surface area contributed by atoms with Crippen LogP contribution in [0.1, 0.15) is 16.7 Å². The zero-order chi connectivity index (χ0) is 19.9. The number of nitrogens with zero attached hydrogens (tertiary/aromatic N) is 1. The molecule has 142 valence electrons. The molecule has 3 rings (SSSR count). The van der Waals surface area contributed by atoms with Crippen molar-refractivity contribution in [3.8, 4) is 5.75 Å². The Morgan fingerprint density at radius 2 is 1.79 bits per heavy atom. The van der Waals surface area contributed by atoms with Crippen molar-refractivity contribution in [3.05, 3.63) is 77.5 Å². The van der Waals surface area contributed by atoms with Gasteiger partial charge in [-0.3, -0.25) is 25.4 Å². The second-order valence-corrected chi connectivity index (χ2v) is 6.41. The monoisotopic (exact) mass is 375 g/mol. The number of aryl methyl sites for hydroxylation is 2. The number of carbonyl (C=O) groups is 2. The molecule has 0 atom stereocenters. The van der Waals surface area contributed by atoms with Gasteiger partial charge in [-0.15, -0.1) is 0 Å². The smallest absolute Gasteiger partial charge is 0.276 e. The molecule has 2 aromatic carbocycles. The van der Waals surface area contributed by atoms with Gasteiger partial charge in [0.15, 0.2) is 6.61 Å². The van der Waals surface area contributed by atoms with Crippen LogP contribution in [0.25, 0.3) is 17.0 Å². The minimum Gasteiger partial charge on any atom is -0.484 e. The van der Waals surface area contributed by atoms with E-state index in [-0.39, 0.29) is 6.61 Å². The highest BCUT2D eigenvalue weighted by molar-refractivity contribution is 5.96. The lowest BCUT2D eigenvalue weighted by atomic mass is 10.1. The fourth-order valence-corrected chi connectivity index (χ4v) is 2.80. The third-order valence-corrected chi connectivity index (χ3v) is 3.97. The van der Waals surface area contributed by atoms with Gasteiger partial charge in [-0.2, -0.15) is 0 Å². The van der Waals surface area contributed by atoms with E-state index in [0.29, 0.717) is 5.75 Å². The number of benzene rings is 2. The highest BCUT2D eigenvalue weighted by Crippen LogP contribution is 2.17. The van der Waals surface area contributed by atoms with Gasteiger partial charge in [0.05, 0.1) is 5.52 Å². The van der Waals surface area contributed by atoms with Crippen LogP contribution in [0.3, 0.4) is 0 Å². The van der Waals surface area contributed by atoms with Crippen LogP contribution in [0.2, 0.25) is 0 Å². The molecule has 0 saturated heterocycles. The molecule has 0 aliphatic carbocycles. The van der Waals surface area contributed by atoms with Crippen LogP contribution in [0.15, 0.2) is 60.8 Å². The van der Waals surface area contributed by atoms with Crippen molar-refractivity contribution in [2.45, 2.75) is 13.8 Å². The van der Waals surface area contributed by atoms with Crippen LogP contribution >= 0.6 is 0 Å². The topological polar surface area (TPSA) is 80.3 Å². The van der Waals surface area contributed by atoms with E-state index in [2.05, 4.69) is 15.8 Å². The zero-order valence-electron chi connectivity index (χ0n) is 15.7. The molecule has 6 heteroatoms. The predicted molar refractivity (Wildman–Crippen MR) is 108 cm³/mol. The first-order valence-electron chi connectivity index (χ1n) is 8.83. The van der Waals surface area contributed by atoms with E-state index in [0.717, 1.165) is 27.6 Å². The van der Waals surface area contributed by atoms with E-state index in [9.17, 15) is 9.59 Å². The van der Waals surface area contributed by atoms with E-state index < -0.39 is 11.8 Å². The van der Waals surface area contributed by atoms with Gasteiger partial charge in [-0.1, -0.05) is 30.3 Å². The predicted octanol–water partition coefficient (Wildman–Crippen LogP) is 3.09. The summed E-state index contributed by atoms with van der Waals surface area (Å²) >= 11 is 0.